The molecule has 0 aromatic carbocycles. The van der Waals surface area contributed by atoms with Crippen LogP contribution in [0.4, 0.5) is 0 Å². The third kappa shape index (κ3) is 9.92. The molecule has 0 aromatic heterocycles. The van der Waals surface area contributed by atoms with E-state index in [1.54, 1.807) is 7.11 Å². The van der Waals surface area contributed by atoms with Crippen molar-refractivity contribution in [1.82, 2.24) is 5.32 Å². The fourth-order valence-corrected chi connectivity index (χ4v) is 1.08. The van der Waals surface area contributed by atoms with Crippen LogP contribution >= 0.6 is 0 Å². The van der Waals surface area contributed by atoms with E-state index in [1.807, 2.05) is 6.92 Å². The predicted molar refractivity (Wildman–Crippen MR) is 56.5 cm³/mol. The molecule has 0 fully saturated rings. The van der Waals surface area contributed by atoms with Crippen LogP contribution in [0.15, 0.2) is 0 Å². The van der Waals surface area contributed by atoms with Gasteiger partial charge in [-0.1, -0.05) is 0 Å². The van der Waals surface area contributed by atoms with Crippen LogP contribution in [-0.2, 0) is 9.47 Å². The van der Waals surface area contributed by atoms with Crippen molar-refractivity contribution in [2.24, 2.45) is 0 Å². The van der Waals surface area contributed by atoms with Crippen molar-refractivity contribution < 1.29 is 14.6 Å². The SMILES string of the molecule is CCOCC(O)CNCCCCOC. The number of hydrogen-bond donors (Lipinski definition) is 2. The smallest absolute Gasteiger partial charge is 0.0897 e. The first-order valence-corrected chi connectivity index (χ1v) is 5.26. The first-order valence-electron chi connectivity index (χ1n) is 5.26. The molecule has 1 unspecified atom stereocenters. The average molecular weight is 205 g/mol. The van der Waals surface area contributed by atoms with E-state index in [9.17, 15) is 5.11 Å². The van der Waals surface area contributed by atoms with E-state index in [0.717, 1.165) is 26.0 Å². The van der Waals surface area contributed by atoms with Crippen LogP contribution in [-0.4, -0.2) is 51.2 Å². The first-order chi connectivity index (χ1) is 6.81. The molecule has 4 nitrogen and oxygen atoms in total. The molecular weight excluding hydrogens is 182 g/mol. The van der Waals surface area contributed by atoms with Crippen molar-refractivity contribution in [3.63, 3.8) is 0 Å². The molecule has 0 radical (unpaired) electrons. The standard InChI is InChI=1S/C10H23NO3/c1-3-14-9-10(12)8-11-6-4-5-7-13-2/h10-12H,3-9H2,1-2H3. The van der Waals surface area contributed by atoms with Gasteiger partial charge in [-0.05, 0) is 26.3 Å². The lowest BCUT2D eigenvalue weighted by molar-refractivity contribution is 0.0428. The largest absolute Gasteiger partial charge is 0.389 e. The van der Waals surface area contributed by atoms with E-state index < -0.39 is 6.10 Å². The Morgan fingerprint density at radius 2 is 2.14 bits per heavy atom. The Kier molecular flexibility index (Phi) is 10.8. The highest BCUT2D eigenvalue weighted by Gasteiger charge is 2.01. The van der Waals surface area contributed by atoms with Crippen molar-refractivity contribution in [2.45, 2.75) is 25.9 Å². The molecule has 0 rings (SSSR count). The van der Waals surface area contributed by atoms with E-state index in [4.69, 9.17) is 9.47 Å². The van der Waals surface area contributed by atoms with Gasteiger partial charge < -0.3 is 19.9 Å². The van der Waals surface area contributed by atoms with Gasteiger partial charge in [-0.2, -0.15) is 0 Å². The second kappa shape index (κ2) is 10.9. The number of unbranched alkanes of at least 4 members (excludes halogenated alkanes) is 1. The molecule has 0 aliphatic rings. The zero-order valence-corrected chi connectivity index (χ0v) is 9.29. The summed E-state index contributed by atoms with van der Waals surface area (Å²) < 4.78 is 10.0. The van der Waals surface area contributed by atoms with Crippen LogP contribution in [0.1, 0.15) is 19.8 Å². The van der Waals surface area contributed by atoms with Crippen molar-refractivity contribution in [1.29, 1.82) is 0 Å². The maximum absolute atomic E-state index is 9.37. The Hall–Kier alpha value is -0.160. The summed E-state index contributed by atoms with van der Waals surface area (Å²) >= 11 is 0. The van der Waals surface area contributed by atoms with Crippen LogP contribution in [0.3, 0.4) is 0 Å². The molecule has 86 valence electrons. The monoisotopic (exact) mass is 205 g/mol. The predicted octanol–water partition coefficient (Wildman–Crippen LogP) is 0.400. The van der Waals surface area contributed by atoms with E-state index in [0.29, 0.717) is 19.8 Å². The van der Waals surface area contributed by atoms with Crippen molar-refractivity contribution >= 4 is 0 Å². The van der Waals surface area contributed by atoms with Gasteiger partial charge in [0.25, 0.3) is 0 Å². The quantitative estimate of drug-likeness (QED) is 0.507. The molecule has 1 atom stereocenters. The molecule has 2 N–H and O–H groups in total. The van der Waals surface area contributed by atoms with Gasteiger partial charge in [0.15, 0.2) is 0 Å². The molecule has 0 heterocycles. The minimum atomic E-state index is -0.391. The fraction of sp³-hybridized carbons (Fsp3) is 1.00. The topological polar surface area (TPSA) is 50.7 Å². The third-order valence-corrected chi connectivity index (χ3v) is 1.85. The highest BCUT2D eigenvalue weighted by Crippen LogP contribution is 1.88. The van der Waals surface area contributed by atoms with E-state index in [2.05, 4.69) is 5.32 Å². The summed E-state index contributed by atoms with van der Waals surface area (Å²) in [5, 5.41) is 12.5. The lowest BCUT2D eigenvalue weighted by Crippen LogP contribution is -2.31. The summed E-state index contributed by atoms with van der Waals surface area (Å²) in [4.78, 5) is 0. The molecule has 0 bridgehead atoms. The average Bonchev–Trinajstić information content (AvgIpc) is 2.20. The van der Waals surface area contributed by atoms with Crippen LogP contribution in [0, 0.1) is 0 Å². The van der Waals surface area contributed by atoms with Crippen LogP contribution in [0.2, 0.25) is 0 Å². The Balaban J connectivity index is 3.02. The molecule has 0 aliphatic carbocycles. The zero-order valence-electron chi connectivity index (χ0n) is 9.29. The summed E-state index contributed by atoms with van der Waals surface area (Å²) in [5.41, 5.74) is 0. The van der Waals surface area contributed by atoms with Crippen molar-refractivity contribution in [2.75, 3.05) is 40.0 Å². The Morgan fingerprint density at radius 3 is 2.79 bits per heavy atom. The Morgan fingerprint density at radius 1 is 1.36 bits per heavy atom. The Bertz CT molecular complexity index is 112. The highest BCUT2D eigenvalue weighted by molar-refractivity contribution is 4.58. The fourth-order valence-electron chi connectivity index (χ4n) is 1.08. The summed E-state index contributed by atoms with van der Waals surface area (Å²) in [5.74, 6) is 0. The van der Waals surface area contributed by atoms with Crippen molar-refractivity contribution in [3.05, 3.63) is 0 Å². The van der Waals surface area contributed by atoms with Crippen LogP contribution in [0.25, 0.3) is 0 Å². The highest BCUT2D eigenvalue weighted by atomic mass is 16.5. The molecule has 0 amide bonds. The summed E-state index contributed by atoms with van der Waals surface area (Å²) in [6, 6.07) is 0. The van der Waals surface area contributed by atoms with Gasteiger partial charge in [0.2, 0.25) is 0 Å². The number of aliphatic hydroxyl groups excluding tert-OH is 1. The lowest BCUT2D eigenvalue weighted by Gasteiger charge is -2.11. The minimum Gasteiger partial charge on any atom is -0.389 e. The maximum Gasteiger partial charge on any atom is 0.0897 e. The molecule has 14 heavy (non-hydrogen) atoms. The van der Waals surface area contributed by atoms with Gasteiger partial charge in [-0.15, -0.1) is 0 Å². The second-order valence-electron chi connectivity index (χ2n) is 3.22. The third-order valence-electron chi connectivity index (χ3n) is 1.85. The Labute approximate surface area is 86.6 Å². The number of methoxy groups -OCH3 is 1. The van der Waals surface area contributed by atoms with E-state index in [-0.39, 0.29) is 0 Å². The normalized spacial score (nSPS) is 13.1. The van der Waals surface area contributed by atoms with Crippen LogP contribution < -0.4 is 5.32 Å². The first kappa shape index (κ1) is 13.8. The van der Waals surface area contributed by atoms with Gasteiger partial charge in [0.1, 0.15) is 0 Å². The maximum atomic E-state index is 9.37. The lowest BCUT2D eigenvalue weighted by atomic mass is 10.3. The van der Waals surface area contributed by atoms with Gasteiger partial charge in [-0.25, -0.2) is 0 Å². The zero-order chi connectivity index (χ0) is 10.6. The number of rotatable bonds is 10. The van der Waals surface area contributed by atoms with Crippen LogP contribution in [0.5, 0.6) is 0 Å². The van der Waals surface area contributed by atoms with Gasteiger partial charge in [-0.3, -0.25) is 0 Å². The molecule has 0 aliphatic heterocycles. The number of ether oxygens (including phenoxy) is 2. The molecule has 0 saturated heterocycles. The van der Waals surface area contributed by atoms with E-state index in [1.165, 1.54) is 0 Å². The second-order valence-corrected chi connectivity index (χ2v) is 3.22. The van der Waals surface area contributed by atoms with Gasteiger partial charge in [0.05, 0.1) is 12.7 Å². The summed E-state index contributed by atoms with van der Waals surface area (Å²) in [7, 11) is 1.71. The van der Waals surface area contributed by atoms with Gasteiger partial charge in [0, 0.05) is 26.9 Å². The number of nitrogens with one attached hydrogen (secondary N) is 1. The molecule has 4 heteroatoms. The molecular formula is C10H23NO3. The summed E-state index contributed by atoms with van der Waals surface area (Å²) in [6.45, 7) is 5.33. The number of aliphatic hydroxyl groups is 1. The van der Waals surface area contributed by atoms with E-state index >= 15 is 0 Å². The minimum absolute atomic E-state index is 0.391. The summed E-state index contributed by atoms with van der Waals surface area (Å²) in [6.07, 6.45) is 1.75. The molecule has 0 saturated carbocycles. The number of hydrogen-bond acceptors (Lipinski definition) is 4. The van der Waals surface area contributed by atoms with Gasteiger partial charge >= 0.3 is 0 Å². The molecule has 0 aromatic rings. The van der Waals surface area contributed by atoms with Crippen molar-refractivity contribution in [3.8, 4) is 0 Å². The molecule has 0 spiro atoms.